The maximum Gasteiger partial charge on any atom is 0.322 e. The average molecular weight is 549 g/mol. The summed E-state index contributed by atoms with van der Waals surface area (Å²) in [4.78, 5) is 53.7. The highest BCUT2D eigenvalue weighted by molar-refractivity contribution is 7.90. The van der Waals surface area contributed by atoms with Crippen molar-refractivity contribution >= 4 is 33.7 Å². The predicted molar refractivity (Wildman–Crippen MR) is 138 cm³/mol. The van der Waals surface area contributed by atoms with Crippen molar-refractivity contribution in [2.75, 3.05) is 26.7 Å². The molecule has 0 bridgehead atoms. The van der Waals surface area contributed by atoms with Crippen molar-refractivity contribution < 1.29 is 37.4 Å². The summed E-state index contributed by atoms with van der Waals surface area (Å²) in [6.45, 7) is 4.65. The average Bonchev–Trinajstić information content (AvgIpc) is 2.90. The Morgan fingerprint density at radius 2 is 1.58 bits per heavy atom. The molecule has 0 atom stereocenters. The van der Waals surface area contributed by atoms with E-state index in [0.717, 1.165) is 37.9 Å². The van der Waals surface area contributed by atoms with Gasteiger partial charge in [-0.05, 0) is 43.2 Å². The van der Waals surface area contributed by atoms with Crippen molar-refractivity contribution in [1.29, 1.82) is 0 Å². The van der Waals surface area contributed by atoms with Crippen molar-refractivity contribution in [2.45, 2.75) is 44.4 Å². The first-order chi connectivity index (χ1) is 18.0. The number of unbranched alkanes of at least 4 members (excludes halogenated alkanes) is 2. The Kier molecular flexibility index (Phi) is 11.2. The van der Waals surface area contributed by atoms with E-state index in [4.69, 9.17) is 9.84 Å². The standard InChI is InChI=1S/C25H32N4O8S/c1-4-6-12-29(13-7-5-2)25(34)17-8-10-19(11-9-17)38(35,36)28-23(32)18-14-20(37-3)22(26-15-18)24(33)27-16-21(30)31/h8-11,14-15H,4-7,12-13,16H2,1-3H3,(H,27,33)(H,28,32)(H,30,31). The molecule has 3 N–H and O–H groups in total. The molecule has 0 radical (unpaired) electrons. The molecule has 1 heterocycles. The van der Waals surface area contributed by atoms with Crippen LogP contribution in [-0.2, 0) is 14.8 Å². The maximum atomic E-state index is 12.9. The van der Waals surface area contributed by atoms with Crippen LogP contribution in [0.4, 0.5) is 0 Å². The van der Waals surface area contributed by atoms with E-state index in [0.29, 0.717) is 18.7 Å². The number of ether oxygens (including phenoxy) is 1. The van der Waals surface area contributed by atoms with Gasteiger partial charge >= 0.3 is 5.97 Å². The number of pyridine rings is 1. The number of aliphatic carboxylic acids is 1. The number of carbonyl (C=O) groups is 4. The molecule has 206 valence electrons. The topological polar surface area (TPSA) is 172 Å². The van der Waals surface area contributed by atoms with Gasteiger partial charge in [-0.25, -0.2) is 18.1 Å². The van der Waals surface area contributed by atoms with Gasteiger partial charge in [0.05, 0.1) is 17.6 Å². The molecule has 0 spiro atoms. The molecule has 2 aromatic rings. The number of amides is 3. The number of carboxylic acid groups (broad SMARTS) is 1. The van der Waals surface area contributed by atoms with Crippen molar-refractivity contribution in [2.24, 2.45) is 0 Å². The van der Waals surface area contributed by atoms with Crippen LogP contribution in [0.2, 0.25) is 0 Å². The monoisotopic (exact) mass is 548 g/mol. The van der Waals surface area contributed by atoms with Gasteiger partial charge in [0.15, 0.2) is 11.4 Å². The summed E-state index contributed by atoms with van der Waals surface area (Å²) in [5, 5.41) is 10.8. The lowest BCUT2D eigenvalue weighted by Crippen LogP contribution is -2.33. The molecule has 12 nitrogen and oxygen atoms in total. The van der Waals surface area contributed by atoms with Gasteiger partial charge in [-0.15, -0.1) is 0 Å². The van der Waals surface area contributed by atoms with Crippen LogP contribution in [0.15, 0.2) is 41.4 Å². The number of benzene rings is 1. The lowest BCUT2D eigenvalue weighted by molar-refractivity contribution is -0.135. The van der Waals surface area contributed by atoms with Gasteiger partial charge in [0, 0.05) is 24.8 Å². The van der Waals surface area contributed by atoms with Gasteiger partial charge in [-0.2, -0.15) is 0 Å². The van der Waals surface area contributed by atoms with Crippen LogP contribution in [0.25, 0.3) is 0 Å². The van der Waals surface area contributed by atoms with E-state index < -0.39 is 34.4 Å². The van der Waals surface area contributed by atoms with Gasteiger partial charge in [0.25, 0.3) is 27.7 Å². The minimum atomic E-state index is -4.30. The maximum absolute atomic E-state index is 12.9. The van der Waals surface area contributed by atoms with Crippen LogP contribution in [0, 0.1) is 0 Å². The molecule has 3 amide bonds. The third-order valence-electron chi connectivity index (χ3n) is 5.44. The second-order valence-electron chi connectivity index (χ2n) is 8.31. The highest BCUT2D eigenvalue weighted by atomic mass is 32.2. The minimum absolute atomic E-state index is 0.156. The molecule has 1 aromatic heterocycles. The van der Waals surface area contributed by atoms with E-state index in [1.165, 1.54) is 31.4 Å². The van der Waals surface area contributed by atoms with Crippen LogP contribution in [0.3, 0.4) is 0 Å². The van der Waals surface area contributed by atoms with Crippen molar-refractivity contribution in [3.05, 3.63) is 53.3 Å². The second kappa shape index (κ2) is 14.1. The van der Waals surface area contributed by atoms with E-state index in [-0.39, 0.29) is 27.8 Å². The van der Waals surface area contributed by atoms with Crippen LogP contribution < -0.4 is 14.8 Å². The Bertz CT molecular complexity index is 1250. The molecule has 0 unspecified atom stereocenters. The Morgan fingerprint density at radius 3 is 2.11 bits per heavy atom. The second-order valence-corrected chi connectivity index (χ2v) is 9.99. The quantitative estimate of drug-likeness (QED) is 0.319. The van der Waals surface area contributed by atoms with Crippen molar-refractivity contribution in [1.82, 2.24) is 19.9 Å². The van der Waals surface area contributed by atoms with Crippen LogP contribution in [0.1, 0.15) is 70.7 Å². The third kappa shape index (κ3) is 8.26. The summed E-state index contributed by atoms with van der Waals surface area (Å²) in [6, 6.07) is 6.41. The Labute approximate surface area is 221 Å². The highest BCUT2D eigenvalue weighted by Crippen LogP contribution is 2.19. The Morgan fingerprint density at radius 1 is 0.974 bits per heavy atom. The molecule has 0 aliphatic carbocycles. The summed E-state index contributed by atoms with van der Waals surface area (Å²) in [6.07, 6.45) is 4.57. The van der Waals surface area contributed by atoms with Crippen LogP contribution >= 0.6 is 0 Å². The fourth-order valence-corrected chi connectivity index (χ4v) is 4.32. The number of hydrogen-bond acceptors (Lipinski definition) is 8. The molecule has 0 saturated carbocycles. The zero-order valence-corrected chi connectivity index (χ0v) is 22.3. The molecular formula is C25H32N4O8S. The number of carbonyl (C=O) groups excluding carboxylic acids is 3. The van der Waals surface area contributed by atoms with Crippen LogP contribution in [0.5, 0.6) is 5.75 Å². The molecule has 0 aliphatic rings. The highest BCUT2D eigenvalue weighted by Gasteiger charge is 2.23. The number of nitrogens with zero attached hydrogens (tertiary/aromatic N) is 2. The van der Waals surface area contributed by atoms with Crippen molar-refractivity contribution in [3.8, 4) is 5.75 Å². The zero-order chi connectivity index (χ0) is 28.3. The first-order valence-corrected chi connectivity index (χ1v) is 13.5. The molecule has 0 aliphatic heterocycles. The molecular weight excluding hydrogens is 516 g/mol. The van der Waals surface area contributed by atoms with Gasteiger partial charge in [0.1, 0.15) is 6.54 Å². The lowest BCUT2D eigenvalue weighted by Gasteiger charge is -2.22. The van der Waals surface area contributed by atoms with E-state index in [1.54, 1.807) is 4.90 Å². The number of rotatable bonds is 14. The van der Waals surface area contributed by atoms with Crippen LogP contribution in [-0.4, -0.2) is 73.8 Å². The Hall–Kier alpha value is -4.00. The van der Waals surface area contributed by atoms with E-state index in [2.05, 4.69) is 10.3 Å². The van der Waals surface area contributed by atoms with Gasteiger partial charge in [-0.1, -0.05) is 26.7 Å². The smallest absolute Gasteiger partial charge is 0.322 e. The summed E-state index contributed by atoms with van der Waals surface area (Å²) in [5.41, 5.74) is -0.150. The predicted octanol–water partition coefficient (Wildman–Crippen LogP) is 2.07. The molecule has 1 aromatic carbocycles. The fourth-order valence-electron chi connectivity index (χ4n) is 3.35. The SMILES string of the molecule is CCCCN(CCCC)C(=O)c1ccc(S(=O)(=O)NC(=O)c2cnc(C(=O)NCC(=O)O)c(OC)c2)cc1. The summed E-state index contributed by atoms with van der Waals surface area (Å²) >= 11 is 0. The number of methoxy groups -OCH3 is 1. The summed E-state index contributed by atoms with van der Waals surface area (Å²) in [7, 11) is -3.09. The summed E-state index contributed by atoms with van der Waals surface area (Å²) < 4.78 is 32.6. The normalized spacial score (nSPS) is 10.9. The van der Waals surface area contributed by atoms with E-state index in [9.17, 15) is 27.6 Å². The molecule has 0 saturated heterocycles. The Balaban J connectivity index is 2.17. The minimum Gasteiger partial charge on any atom is -0.494 e. The first kappa shape index (κ1) is 30.2. The van der Waals surface area contributed by atoms with Crippen molar-refractivity contribution in [3.63, 3.8) is 0 Å². The molecule has 0 fully saturated rings. The third-order valence-corrected chi connectivity index (χ3v) is 6.79. The van der Waals surface area contributed by atoms with Gasteiger partial charge in [-0.3, -0.25) is 19.2 Å². The first-order valence-electron chi connectivity index (χ1n) is 12.0. The number of hydrogen-bond donors (Lipinski definition) is 3. The largest absolute Gasteiger partial charge is 0.494 e. The summed E-state index contributed by atoms with van der Waals surface area (Å²) in [5.74, 6) is -3.48. The van der Waals surface area contributed by atoms with E-state index in [1.807, 2.05) is 18.6 Å². The van der Waals surface area contributed by atoms with Gasteiger partial charge in [0.2, 0.25) is 0 Å². The van der Waals surface area contributed by atoms with E-state index >= 15 is 0 Å². The number of aromatic nitrogens is 1. The molecule has 13 heteroatoms. The molecule has 2 rings (SSSR count). The zero-order valence-electron chi connectivity index (χ0n) is 21.5. The molecule has 38 heavy (non-hydrogen) atoms. The number of carboxylic acids is 1. The number of nitrogens with one attached hydrogen (secondary N) is 2. The fraction of sp³-hybridized carbons (Fsp3) is 0.400. The number of sulfonamides is 1. The lowest BCUT2D eigenvalue weighted by atomic mass is 10.1. The van der Waals surface area contributed by atoms with Gasteiger partial charge < -0.3 is 20.1 Å².